The lowest BCUT2D eigenvalue weighted by Crippen LogP contribution is -2.54. The number of fused-ring (bicyclic) bond motifs is 1. The van der Waals surface area contributed by atoms with E-state index in [0.717, 1.165) is 42.3 Å². The van der Waals surface area contributed by atoms with Crippen LogP contribution in [0.15, 0.2) is 24.3 Å². The number of amides is 2. The number of benzene rings is 1. The lowest BCUT2D eigenvalue weighted by molar-refractivity contribution is -0.144. The van der Waals surface area contributed by atoms with E-state index < -0.39 is 5.41 Å². The Labute approximate surface area is 196 Å². The number of piperidine rings is 1. The third-order valence-corrected chi connectivity index (χ3v) is 7.16. The minimum Gasteiger partial charge on any atom is -0.492 e. The van der Waals surface area contributed by atoms with E-state index in [2.05, 4.69) is 10.3 Å². The number of anilines is 1. The van der Waals surface area contributed by atoms with E-state index in [1.807, 2.05) is 49.9 Å². The van der Waals surface area contributed by atoms with Crippen molar-refractivity contribution in [1.82, 2.24) is 15.2 Å². The van der Waals surface area contributed by atoms with Crippen molar-refractivity contribution < 1.29 is 14.3 Å². The summed E-state index contributed by atoms with van der Waals surface area (Å²) in [4.78, 5) is 32.5. The molecule has 1 aromatic heterocycles. The van der Waals surface area contributed by atoms with Crippen LogP contribution in [0.5, 0.6) is 5.75 Å². The lowest BCUT2D eigenvalue weighted by Gasteiger charge is -2.41. The van der Waals surface area contributed by atoms with Gasteiger partial charge in [-0.1, -0.05) is 32.8 Å². The number of nitrogen functional groups attached to an aromatic ring is 1. The largest absolute Gasteiger partial charge is 0.492 e. The fourth-order valence-corrected chi connectivity index (χ4v) is 5.12. The van der Waals surface area contributed by atoms with Gasteiger partial charge in [-0.05, 0) is 50.8 Å². The lowest BCUT2D eigenvalue weighted by atomic mass is 9.77. The van der Waals surface area contributed by atoms with E-state index in [-0.39, 0.29) is 30.4 Å². The SMILES string of the molecule is Cc1cc(N)c2c(OCC3(C(=O)NC4CCCC4)CCN(C(=O)C(C)C)CC3)cccc2n1. The number of pyridine rings is 1. The average molecular weight is 453 g/mol. The molecule has 178 valence electrons. The topological polar surface area (TPSA) is 97.5 Å². The second-order valence-electron chi connectivity index (χ2n) is 10.0. The van der Waals surface area contributed by atoms with Gasteiger partial charge in [0.2, 0.25) is 11.8 Å². The highest BCUT2D eigenvalue weighted by Gasteiger charge is 2.44. The highest BCUT2D eigenvalue weighted by Crippen LogP contribution is 2.36. The predicted octanol–water partition coefficient (Wildman–Crippen LogP) is 3.83. The van der Waals surface area contributed by atoms with Crippen molar-refractivity contribution in [2.24, 2.45) is 11.3 Å². The van der Waals surface area contributed by atoms with Gasteiger partial charge in [0.25, 0.3) is 0 Å². The first-order valence-corrected chi connectivity index (χ1v) is 12.2. The average Bonchev–Trinajstić information content (AvgIpc) is 3.30. The van der Waals surface area contributed by atoms with Crippen molar-refractivity contribution in [2.75, 3.05) is 25.4 Å². The summed E-state index contributed by atoms with van der Waals surface area (Å²) in [6, 6.07) is 7.79. The van der Waals surface area contributed by atoms with Crippen LogP contribution in [-0.4, -0.2) is 47.4 Å². The number of carbonyl (C=O) groups excluding carboxylic acids is 2. The molecular formula is C26H36N4O3. The van der Waals surface area contributed by atoms with Gasteiger partial charge in [-0.3, -0.25) is 14.6 Å². The van der Waals surface area contributed by atoms with Gasteiger partial charge in [-0.15, -0.1) is 0 Å². The van der Waals surface area contributed by atoms with Crippen LogP contribution >= 0.6 is 0 Å². The number of hydrogen-bond acceptors (Lipinski definition) is 5. The Morgan fingerprint density at radius 1 is 1.24 bits per heavy atom. The third kappa shape index (κ3) is 4.92. The summed E-state index contributed by atoms with van der Waals surface area (Å²) in [7, 11) is 0. The van der Waals surface area contributed by atoms with Crippen molar-refractivity contribution in [1.29, 1.82) is 0 Å². The van der Waals surface area contributed by atoms with Crippen LogP contribution in [0.4, 0.5) is 5.69 Å². The van der Waals surface area contributed by atoms with Gasteiger partial charge >= 0.3 is 0 Å². The van der Waals surface area contributed by atoms with E-state index in [1.54, 1.807) is 0 Å². The molecule has 1 aliphatic heterocycles. The molecule has 2 heterocycles. The van der Waals surface area contributed by atoms with Gasteiger partial charge in [-0.2, -0.15) is 0 Å². The molecule has 1 saturated carbocycles. The monoisotopic (exact) mass is 452 g/mol. The Kier molecular flexibility index (Phi) is 6.77. The minimum atomic E-state index is -0.675. The van der Waals surface area contributed by atoms with Crippen LogP contribution in [0.25, 0.3) is 10.9 Å². The van der Waals surface area contributed by atoms with Gasteiger partial charge in [0.05, 0.1) is 16.3 Å². The number of rotatable bonds is 6. The molecule has 0 bridgehead atoms. The number of ether oxygens (including phenoxy) is 1. The summed E-state index contributed by atoms with van der Waals surface area (Å²) in [6.45, 7) is 7.13. The van der Waals surface area contributed by atoms with E-state index in [0.29, 0.717) is 37.4 Å². The molecule has 1 aliphatic carbocycles. The van der Waals surface area contributed by atoms with Crippen LogP contribution < -0.4 is 15.8 Å². The normalized spacial score (nSPS) is 18.6. The number of carbonyl (C=O) groups is 2. The summed E-state index contributed by atoms with van der Waals surface area (Å²) in [5, 5.41) is 4.07. The van der Waals surface area contributed by atoms with Crippen molar-refractivity contribution in [3.63, 3.8) is 0 Å². The number of nitrogens with one attached hydrogen (secondary N) is 1. The molecule has 0 unspecified atom stereocenters. The fraction of sp³-hybridized carbons (Fsp3) is 0.577. The number of nitrogens with zero attached hydrogens (tertiary/aromatic N) is 2. The maximum Gasteiger partial charge on any atom is 0.230 e. The summed E-state index contributed by atoms with van der Waals surface area (Å²) >= 11 is 0. The molecule has 7 nitrogen and oxygen atoms in total. The molecule has 2 fully saturated rings. The maximum atomic E-state index is 13.6. The quantitative estimate of drug-likeness (QED) is 0.694. The van der Waals surface area contributed by atoms with Gasteiger partial charge in [0, 0.05) is 36.4 Å². The van der Waals surface area contributed by atoms with E-state index in [4.69, 9.17) is 10.5 Å². The zero-order valence-electron chi connectivity index (χ0n) is 20.0. The molecule has 4 rings (SSSR count). The molecule has 2 amide bonds. The maximum absolute atomic E-state index is 13.6. The molecule has 33 heavy (non-hydrogen) atoms. The van der Waals surface area contributed by atoms with E-state index in [1.165, 1.54) is 0 Å². The Balaban J connectivity index is 1.56. The second kappa shape index (κ2) is 9.57. The van der Waals surface area contributed by atoms with Crippen LogP contribution in [-0.2, 0) is 9.59 Å². The van der Waals surface area contributed by atoms with Crippen molar-refractivity contribution in [3.05, 3.63) is 30.0 Å². The van der Waals surface area contributed by atoms with Crippen molar-refractivity contribution in [2.45, 2.75) is 65.3 Å². The Bertz CT molecular complexity index is 1020. The number of hydrogen-bond donors (Lipinski definition) is 2. The first kappa shape index (κ1) is 23.3. The van der Waals surface area contributed by atoms with Crippen molar-refractivity contribution >= 4 is 28.4 Å². The number of aryl methyl sites for hydroxylation is 1. The molecule has 2 aromatic rings. The summed E-state index contributed by atoms with van der Waals surface area (Å²) < 4.78 is 6.33. The zero-order chi connectivity index (χ0) is 23.6. The summed E-state index contributed by atoms with van der Waals surface area (Å²) in [5.74, 6) is 0.791. The van der Waals surface area contributed by atoms with Gasteiger partial charge < -0.3 is 20.7 Å². The molecule has 7 heteroatoms. The van der Waals surface area contributed by atoms with Gasteiger partial charge in [0.15, 0.2) is 0 Å². The highest BCUT2D eigenvalue weighted by molar-refractivity contribution is 5.95. The zero-order valence-corrected chi connectivity index (χ0v) is 20.0. The molecule has 0 atom stereocenters. The Hall–Kier alpha value is -2.83. The van der Waals surface area contributed by atoms with Crippen LogP contribution in [0.1, 0.15) is 58.1 Å². The second-order valence-corrected chi connectivity index (χ2v) is 10.0. The number of nitrogens with two attached hydrogens (primary N) is 1. The smallest absolute Gasteiger partial charge is 0.230 e. The fourth-order valence-electron chi connectivity index (χ4n) is 5.12. The summed E-state index contributed by atoms with van der Waals surface area (Å²) in [5.41, 5.74) is 7.89. The van der Waals surface area contributed by atoms with E-state index in [9.17, 15) is 9.59 Å². The Morgan fingerprint density at radius 2 is 1.94 bits per heavy atom. The molecule has 0 radical (unpaired) electrons. The first-order valence-electron chi connectivity index (χ1n) is 12.2. The standard InChI is InChI=1S/C26H36N4O3/c1-17(2)24(31)30-13-11-26(12-14-30,25(32)29-19-7-4-5-8-19)16-33-22-10-6-9-21-23(22)20(27)15-18(3)28-21/h6,9-10,15,17,19H,4-5,7-8,11-14,16H2,1-3H3,(H2,27,28)(H,29,32). The van der Waals surface area contributed by atoms with Gasteiger partial charge in [0.1, 0.15) is 12.4 Å². The molecule has 2 aliphatic rings. The van der Waals surface area contributed by atoms with Crippen molar-refractivity contribution in [3.8, 4) is 5.75 Å². The predicted molar refractivity (Wildman–Crippen MR) is 130 cm³/mol. The molecular weight excluding hydrogens is 416 g/mol. The summed E-state index contributed by atoms with van der Waals surface area (Å²) in [6.07, 6.45) is 5.56. The molecule has 3 N–H and O–H groups in total. The highest BCUT2D eigenvalue weighted by atomic mass is 16.5. The van der Waals surface area contributed by atoms with Gasteiger partial charge in [-0.25, -0.2) is 0 Å². The van der Waals surface area contributed by atoms with Crippen LogP contribution in [0.3, 0.4) is 0 Å². The van der Waals surface area contributed by atoms with Crippen LogP contribution in [0, 0.1) is 18.3 Å². The Morgan fingerprint density at radius 3 is 2.61 bits per heavy atom. The first-order chi connectivity index (χ1) is 15.8. The minimum absolute atomic E-state index is 0.0457. The van der Waals surface area contributed by atoms with E-state index >= 15 is 0 Å². The third-order valence-electron chi connectivity index (χ3n) is 7.16. The van der Waals surface area contributed by atoms with Crippen LogP contribution in [0.2, 0.25) is 0 Å². The molecule has 1 aromatic carbocycles. The number of likely N-dealkylation sites (tertiary alicyclic amines) is 1. The molecule has 1 saturated heterocycles. The molecule has 0 spiro atoms. The number of aromatic nitrogens is 1.